The molecule has 0 amide bonds. The van der Waals surface area contributed by atoms with Crippen LogP contribution in [0, 0.1) is 5.92 Å². The first-order valence-electron chi connectivity index (χ1n) is 11.7. The fourth-order valence-electron chi connectivity index (χ4n) is 3.33. The van der Waals surface area contributed by atoms with Crippen molar-refractivity contribution < 1.29 is 41.4 Å². The van der Waals surface area contributed by atoms with Crippen molar-refractivity contribution in [1.29, 1.82) is 0 Å². The molecule has 2 aromatic carbocycles. The third-order valence-electron chi connectivity index (χ3n) is 5.10. The van der Waals surface area contributed by atoms with Crippen LogP contribution >= 0.6 is 0 Å². The standard InChI is InChI=1S/C23H32N2O4S.C2HF3O2/c1-5-7-14-25(6-2)22-13-10-19(16-21(22)23(26)27)24-30(28,29)20-11-8-18(9-12-20)15-17(3)4;3-2(4,5)1(6)7/h8-13,16-17,24H,5-7,14-15H2,1-4H3,(H,26,27);(H,6,7). The van der Waals surface area contributed by atoms with Gasteiger partial charge in [0.15, 0.2) is 0 Å². The molecule has 0 bridgehead atoms. The zero-order chi connectivity index (χ0) is 28.4. The number of benzene rings is 2. The number of halogens is 3. The molecule has 0 spiro atoms. The molecular weight excluding hydrogens is 513 g/mol. The Morgan fingerprint density at radius 1 is 1.03 bits per heavy atom. The van der Waals surface area contributed by atoms with Gasteiger partial charge in [0.25, 0.3) is 10.0 Å². The molecule has 0 saturated carbocycles. The van der Waals surface area contributed by atoms with Crippen molar-refractivity contribution in [2.24, 2.45) is 5.92 Å². The van der Waals surface area contributed by atoms with Crippen LogP contribution in [0.2, 0.25) is 0 Å². The van der Waals surface area contributed by atoms with Gasteiger partial charge in [-0.15, -0.1) is 0 Å². The number of aliphatic carboxylic acids is 1. The molecule has 206 valence electrons. The van der Waals surface area contributed by atoms with Gasteiger partial charge in [-0.25, -0.2) is 18.0 Å². The number of carboxylic acid groups (broad SMARTS) is 2. The van der Waals surface area contributed by atoms with Gasteiger partial charge in [-0.2, -0.15) is 13.2 Å². The second-order valence-electron chi connectivity index (χ2n) is 8.62. The summed E-state index contributed by atoms with van der Waals surface area (Å²) in [4.78, 5) is 22.9. The number of carboxylic acids is 2. The summed E-state index contributed by atoms with van der Waals surface area (Å²) >= 11 is 0. The molecular formula is C25H33F3N2O6S. The van der Waals surface area contributed by atoms with Crippen LogP contribution in [0.1, 0.15) is 56.5 Å². The third-order valence-corrected chi connectivity index (χ3v) is 6.50. The lowest BCUT2D eigenvalue weighted by Crippen LogP contribution is -2.26. The zero-order valence-electron chi connectivity index (χ0n) is 21.2. The smallest absolute Gasteiger partial charge is 0.478 e. The van der Waals surface area contributed by atoms with E-state index in [1.807, 2.05) is 24.0 Å². The molecule has 0 saturated heterocycles. The molecule has 2 rings (SSSR count). The number of hydrogen-bond acceptors (Lipinski definition) is 5. The Morgan fingerprint density at radius 3 is 2.03 bits per heavy atom. The van der Waals surface area contributed by atoms with E-state index in [9.17, 15) is 31.5 Å². The highest BCUT2D eigenvalue weighted by atomic mass is 32.2. The van der Waals surface area contributed by atoms with E-state index >= 15 is 0 Å². The van der Waals surface area contributed by atoms with Gasteiger partial charge in [-0.1, -0.05) is 39.3 Å². The molecule has 37 heavy (non-hydrogen) atoms. The molecule has 0 unspecified atom stereocenters. The number of nitrogens with zero attached hydrogens (tertiary/aromatic N) is 1. The molecule has 0 aliphatic carbocycles. The van der Waals surface area contributed by atoms with Crippen molar-refractivity contribution >= 4 is 33.3 Å². The predicted molar refractivity (Wildman–Crippen MR) is 136 cm³/mol. The molecule has 0 aliphatic heterocycles. The van der Waals surface area contributed by atoms with Crippen molar-refractivity contribution in [3.05, 3.63) is 53.6 Å². The van der Waals surface area contributed by atoms with Crippen LogP contribution in [-0.2, 0) is 21.2 Å². The summed E-state index contributed by atoms with van der Waals surface area (Å²) in [6.45, 7) is 9.70. The number of anilines is 2. The minimum absolute atomic E-state index is 0.0837. The highest BCUT2D eigenvalue weighted by molar-refractivity contribution is 7.92. The van der Waals surface area contributed by atoms with Gasteiger partial charge in [0.1, 0.15) is 0 Å². The van der Waals surface area contributed by atoms with Gasteiger partial charge in [-0.05, 0) is 61.6 Å². The Bertz CT molecular complexity index is 1150. The number of aromatic carboxylic acids is 1. The summed E-state index contributed by atoms with van der Waals surface area (Å²) in [5.41, 5.74) is 1.99. The highest BCUT2D eigenvalue weighted by Crippen LogP contribution is 2.27. The van der Waals surface area contributed by atoms with Crippen molar-refractivity contribution in [3.63, 3.8) is 0 Å². The van der Waals surface area contributed by atoms with E-state index in [2.05, 4.69) is 25.5 Å². The van der Waals surface area contributed by atoms with Gasteiger partial charge in [0.05, 0.1) is 16.1 Å². The molecule has 8 nitrogen and oxygen atoms in total. The normalized spacial score (nSPS) is 11.5. The first kappa shape index (κ1) is 31.7. The van der Waals surface area contributed by atoms with Crippen LogP contribution in [0.3, 0.4) is 0 Å². The fraction of sp³-hybridized carbons (Fsp3) is 0.440. The second kappa shape index (κ2) is 13.9. The summed E-state index contributed by atoms with van der Waals surface area (Å²) in [6.07, 6.45) is -2.25. The molecule has 0 radical (unpaired) electrons. The Morgan fingerprint density at radius 2 is 1.59 bits per heavy atom. The molecule has 12 heteroatoms. The Kier molecular flexibility index (Phi) is 11.9. The van der Waals surface area contributed by atoms with E-state index in [4.69, 9.17) is 9.90 Å². The van der Waals surface area contributed by atoms with Crippen molar-refractivity contribution in [2.75, 3.05) is 22.7 Å². The van der Waals surface area contributed by atoms with Gasteiger partial charge in [0, 0.05) is 18.8 Å². The average Bonchev–Trinajstić information content (AvgIpc) is 2.79. The fourth-order valence-corrected chi connectivity index (χ4v) is 4.38. The zero-order valence-corrected chi connectivity index (χ0v) is 22.0. The number of hydrogen-bond donors (Lipinski definition) is 3. The minimum Gasteiger partial charge on any atom is -0.478 e. The molecule has 0 heterocycles. The Balaban J connectivity index is 0.000000856. The lowest BCUT2D eigenvalue weighted by molar-refractivity contribution is -0.192. The van der Waals surface area contributed by atoms with Crippen LogP contribution in [0.5, 0.6) is 0 Å². The molecule has 0 atom stereocenters. The monoisotopic (exact) mass is 546 g/mol. The number of unbranched alkanes of at least 4 members (excludes halogenated alkanes) is 1. The van der Waals surface area contributed by atoms with Gasteiger partial charge in [-0.3, -0.25) is 4.72 Å². The van der Waals surface area contributed by atoms with Crippen molar-refractivity contribution in [1.82, 2.24) is 0 Å². The highest BCUT2D eigenvalue weighted by Gasteiger charge is 2.38. The first-order valence-corrected chi connectivity index (χ1v) is 13.1. The van der Waals surface area contributed by atoms with E-state index in [1.54, 1.807) is 24.3 Å². The van der Waals surface area contributed by atoms with E-state index in [0.717, 1.165) is 31.4 Å². The Hall–Kier alpha value is -3.28. The van der Waals surface area contributed by atoms with E-state index < -0.39 is 28.1 Å². The average molecular weight is 547 g/mol. The second-order valence-corrected chi connectivity index (χ2v) is 10.3. The summed E-state index contributed by atoms with van der Waals surface area (Å²) in [7, 11) is -3.81. The summed E-state index contributed by atoms with van der Waals surface area (Å²) < 4.78 is 59.8. The molecule has 3 N–H and O–H groups in total. The number of nitrogens with one attached hydrogen (secondary N) is 1. The molecule has 2 aromatic rings. The van der Waals surface area contributed by atoms with Crippen LogP contribution in [-0.4, -0.2) is 49.8 Å². The van der Waals surface area contributed by atoms with Crippen LogP contribution in [0.25, 0.3) is 0 Å². The maximum absolute atomic E-state index is 12.8. The van der Waals surface area contributed by atoms with E-state index in [1.165, 1.54) is 6.07 Å². The maximum Gasteiger partial charge on any atom is 0.490 e. The summed E-state index contributed by atoms with van der Waals surface area (Å²) in [5.74, 6) is -3.36. The van der Waals surface area contributed by atoms with Crippen LogP contribution in [0.15, 0.2) is 47.4 Å². The summed E-state index contributed by atoms with van der Waals surface area (Å²) in [5, 5.41) is 16.8. The predicted octanol–water partition coefficient (Wildman–Crippen LogP) is 5.64. The number of rotatable bonds is 11. The molecule has 0 aromatic heterocycles. The summed E-state index contributed by atoms with van der Waals surface area (Å²) in [6, 6.07) is 11.5. The maximum atomic E-state index is 12.8. The molecule has 0 fully saturated rings. The quantitative estimate of drug-likeness (QED) is 0.333. The number of carbonyl (C=O) groups is 2. The van der Waals surface area contributed by atoms with Crippen molar-refractivity contribution in [3.8, 4) is 0 Å². The lowest BCUT2D eigenvalue weighted by atomic mass is 10.0. The van der Waals surface area contributed by atoms with Crippen LogP contribution < -0.4 is 9.62 Å². The Labute approximate surface area is 215 Å². The SMILES string of the molecule is CCCCN(CC)c1ccc(NS(=O)(=O)c2ccc(CC(C)C)cc2)cc1C(=O)O.O=C(O)C(F)(F)F. The lowest BCUT2D eigenvalue weighted by Gasteiger charge is -2.25. The van der Waals surface area contributed by atoms with Crippen molar-refractivity contribution in [2.45, 2.75) is 58.0 Å². The topological polar surface area (TPSA) is 124 Å². The van der Waals surface area contributed by atoms with Gasteiger partial charge >= 0.3 is 18.1 Å². The van der Waals surface area contributed by atoms with Gasteiger partial charge in [0.2, 0.25) is 0 Å². The van der Waals surface area contributed by atoms with Crippen LogP contribution in [0.4, 0.5) is 24.5 Å². The number of sulfonamides is 1. The minimum atomic E-state index is -5.08. The van der Waals surface area contributed by atoms with E-state index in [0.29, 0.717) is 18.2 Å². The van der Waals surface area contributed by atoms with E-state index in [-0.39, 0.29) is 16.1 Å². The first-order chi connectivity index (χ1) is 17.1. The largest absolute Gasteiger partial charge is 0.490 e. The molecule has 0 aliphatic rings. The third kappa shape index (κ3) is 10.3. The number of alkyl halides is 3. The van der Waals surface area contributed by atoms with Gasteiger partial charge < -0.3 is 15.1 Å².